The van der Waals surface area contributed by atoms with Crippen LogP contribution in [0.2, 0.25) is 5.02 Å². The van der Waals surface area contributed by atoms with Crippen LogP contribution < -0.4 is 5.73 Å². The number of anilines is 1. The minimum atomic E-state index is -4.57. The maximum absolute atomic E-state index is 12.8. The Morgan fingerprint density at radius 1 is 1.45 bits per heavy atom. The second kappa shape index (κ2) is 4.90. The molecule has 1 aromatic heterocycles. The van der Waals surface area contributed by atoms with Crippen molar-refractivity contribution in [2.45, 2.75) is 13.1 Å². The van der Waals surface area contributed by atoms with E-state index in [1.165, 1.54) is 0 Å². The monoisotopic (exact) mass is 306 g/mol. The molecule has 0 saturated carbocycles. The molecule has 8 heteroatoms. The number of hydrogen-bond donors (Lipinski definition) is 2. The zero-order valence-corrected chi connectivity index (χ0v) is 11.0. The number of hydrogen-bond acceptors (Lipinski definition) is 3. The van der Waals surface area contributed by atoms with Crippen molar-refractivity contribution in [3.8, 4) is 0 Å². The van der Waals surface area contributed by atoms with Gasteiger partial charge in [0.15, 0.2) is 0 Å². The third-order valence-corrected chi connectivity index (χ3v) is 2.99. The van der Waals surface area contributed by atoms with E-state index < -0.39 is 17.7 Å². The fourth-order valence-corrected chi connectivity index (χ4v) is 2.13. The van der Waals surface area contributed by atoms with Crippen molar-refractivity contribution in [1.29, 1.82) is 0 Å². The first-order valence-corrected chi connectivity index (χ1v) is 5.98. The van der Waals surface area contributed by atoms with E-state index in [0.717, 1.165) is 12.1 Å². The average Bonchev–Trinajstić information content (AvgIpc) is 2.65. The zero-order chi connectivity index (χ0) is 15.1. The Balaban J connectivity index is 2.73. The molecule has 0 aliphatic heterocycles. The fourth-order valence-electron chi connectivity index (χ4n) is 1.86. The van der Waals surface area contributed by atoms with E-state index in [4.69, 9.17) is 22.1 Å². The Bertz CT molecular complexity index is 679. The van der Waals surface area contributed by atoms with Crippen LogP contribution in [-0.4, -0.2) is 17.6 Å². The number of nitrogen functional groups attached to an aromatic ring is 1. The number of ether oxygens (including phenoxy) is 1. The topological polar surface area (TPSA) is 68.1 Å². The number of fused-ring (bicyclic) bond motifs is 1. The van der Waals surface area contributed by atoms with Gasteiger partial charge in [-0.15, -0.1) is 0 Å². The Morgan fingerprint density at radius 2 is 2.10 bits per heavy atom. The van der Waals surface area contributed by atoms with E-state index >= 15 is 0 Å². The second-order valence-corrected chi connectivity index (χ2v) is 4.42. The van der Waals surface area contributed by atoms with Gasteiger partial charge in [-0.05, 0) is 19.1 Å². The summed E-state index contributed by atoms with van der Waals surface area (Å²) in [5, 5.41) is -0.183. The molecule has 0 bridgehead atoms. The first kappa shape index (κ1) is 14.5. The van der Waals surface area contributed by atoms with Crippen LogP contribution in [0.1, 0.15) is 22.8 Å². The summed E-state index contributed by atoms with van der Waals surface area (Å²) in [6.45, 7) is 1.66. The van der Waals surface area contributed by atoms with Crippen molar-refractivity contribution in [3.05, 3.63) is 28.3 Å². The van der Waals surface area contributed by atoms with Crippen molar-refractivity contribution in [1.82, 2.24) is 4.98 Å². The van der Waals surface area contributed by atoms with Gasteiger partial charge in [0.25, 0.3) is 0 Å². The summed E-state index contributed by atoms with van der Waals surface area (Å²) in [5.41, 5.74) is 4.68. The van der Waals surface area contributed by atoms with E-state index in [9.17, 15) is 18.0 Å². The molecule has 0 amide bonds. The fraction of sp³-hybridized carbons (Fsp3) is 0.250. The van der Waals surface area contributed by atoms with Gasteiger partial charge in [-0.3, -0.25) is 0 Å². The number of benzene rings is 1. The quantitative estimate of drug-likeness (QED) is 0.833. The lowest BCUT2D eigenvalue weighted by Crippen LogP contribution is -2.08. The molecule has 2 rings (SSSR count). The number of esters is 1. The number of nitrogens with one attached hydrogen (secondary N) is 1. The van der Waals surface area contributed by atoms with Gasteiger partial charge < -0.3 is 15.5 Å². The van der Waals surface area contributed by atoms with E-state index in [2.05, 4.69) is 4.98 Å². The normalized spacial score (nSPS) is 11.8. The van der Waals surface area contributed by atoms with Crippen LogP contribution >= 0.6 is 11.6 Å². The minimum Gasteiger partial charge on any atom is -0.462 e. The highest BCUT2D eigenvalue weighted by Crippen LogP contribution is 2.37. The van der Waals surface area contributed by atoms with Crippen LogP contribution in [0.15, 0.2) is 12.1 Å². The van der Waals surface area contributed by atoms with Crippen molar-refractivity contribution in [2.75, 3.05) is 12.3 Å². The third kappa shape index (κ3) is 2.40. The summed E-state index contributed by atoms with van der Waals surface area (Å²) in [4.78, 5) is 14.4. The summed E-state index contributed by atoms with van der Waals surface area (Å²) < 4.78 is 43.1. The van der Waals surface area contributed by atoms with Crippen LogP contribution in [0, 0.1) is 0 Å². The molecule has 0 spiro atoms. The predicted octanol–water partition coefficient (Wildman–Crippen LogP) is 3.60. The summed E-state index contributed by atoms with van der Waals surface area (Å²) in [6.07, 6.45) is -4.57. The molecule has 0 unspecified atom stereocenters. The maximum Gasteiger partial charge on any atom is 0.416 e. The molecule has 0 aliphatic carbocycles. The summed E-state index contributed by atoms with van der Waals surface area (Å²) in [7, 11) is 0. The molecule has 1 heterocycles. The molecule has 20 heavy (non-hydrogen) atoms. The smallest absolute Gasteiger partial charge is 0.416 e. The minimum absolute atomic E-state index is 0.0132. The molecule has 0 saturated heterocycles. The predicted molar refractivity (Wildman–Crippen MR) is 68.7 cm³/mol. The van der Waals surface area contributed by atoms with Crippen molar-refractivity contribution in [2.24, 2.45) is 0 Å². The second-order valence-electron chi connectivity index (χ2n) is 4.01. The molecular weight excluding hydrogens is 297 g/mol. The van der Waals surface area contributed by atoms with Crippen LogP contribution in [0.25, 0.3) is 10.9 Å². The van der Waals surface area contributed by atoms with Crippen molar-refractivity contribution >= 4 is 34.3 Å². The van der Waals surface area contributed by atoms with Crippen molar-refractivity contribution in [3.63, 3.8) is 0 Å². The highest BCUT2D eigenvalue weighted by molar-refractivity contribution is 6.36. The Labute approximate surface area is 116 Å². The van der Waals surface area contributed by atoms with E-state index in [1.807, 2.05) is 0 Å². The first-order valence-electron chi connectivity index (χ1n) is 5.60. The number of aromatic amines is 1. The molecule has 3 N–H and O–H groups in total. The number of alkyl halides is 3. The number of aromatic nitrogens is 1. The van der Waals surface area contributed by atoms with Gasteiger partial charge in [-0.2, -0.15) is 13.2 Å². The lowest BCUT2D eigenvalue weighted by atomic mass is 10.1. The van der Waals surface area contributed by atoms with Crippen LogP contribution in [-0.2, 0) is 10.9 Å². The molecule has 2 aromatic rings. The molecule has 0 fully saturated rings. The highest BCUT2D eigenvalue weighted by atomic mass is 35.5. The number of nitrogens with two attached hydrogens (primary N) is 1. The SMILES string of the molecule is CCOC(=O)c1c(N)[nH]c2c(Cl)cc(C(F)(F)F)cc12. The summed E-state index contributed by atoms with van der Waals surface area (Å²) >= 11 is 5.80. The number of H-pyrrole nitrogens is 1. The number of halogens is 4. The van der Waals surface area contributed by atoms with Gasteiger partial charge in [-0.25, -0.2) is 4.79 Å². The maximum atomic E-state index is 12.8. The Kier molecular flexibility index (Phi) is 3.56. The standard InChI is InChI=1S/C12H10ClF3N2O2/c1-2-20-11(19)8-6-3-5(12(14,15)16)4-7(13)9(6)18-10(8)17/h3-4,18H,2,17H2,1H3. The van der Waals surface area contributed by atoms with E-state index in [-0.39, 0.29) is 33.9 Å². The van der Waals surface area contributed by atoms with E-state index in [0.29, 0.717) is 0 Å². The summed E-state index contributed by atoms with van der Waals surface area (Å²) in [6, 6.07) is 1.59. The molecule has 0 radical (unpaired) electrons. The lowest BCUT2D eigenvalue weighted by Gasteiger charge is -2.08. The van der Waals surface area contributed by atoms with Crippen LogP contribution in [0.4, 0.5) is 19.0 Å². The van der Waals surface area contributed by atoms with Crippen molar-refractivity contribution < 1.29 is 22.7 Å². The molecular formula is C12H10ClF3N2O2. The molecule has 0 aliphatic rings. The Hall–Kier alpha value is -1.89. The van der Waals surface area contributed by atoms with E-state index in [1.54, 1.807) is 6.92 Å². The molecule has 4 nitrogen and oxygen atoms in total. The molecule has 0 atom stereocenters. The zero-order valence-electron chi connectivity index (χ0n) is 10.3. The first-order chi connectivity index (χ1) is 9.25. The van der Waals surface area contributed by atoms with Crippen LogP contribution in [0.3, 0.4) is 0 Å². The highest BCUT2D eigenvalue weighted by Gasteiger charge is 2.32. The summed E-state index contributed by atoms with van der Waals surface area (Å²) in [5.74, 6) is -0.883. The van der Waals surface area contributed by atoms with Gasteiger partial charge >= 0.3 is 12.1 Å². The number of rotatable bonds is 2. The number of carbonyl (C=O) groups is 1. The number of carbonyl (C=O) groups excluding carboxylic acids is 1. The van der Waals surface area contributed by atoms with Gasteiger partial charge in [0, 0.05) is 5.39 Å². The lowest BCUT2D eigenvalue weighted by molar-refractivity contribution is -0.137. The van der Waals surface area contributed by atoms with Gasteiger partial charge in [-0.1, -0.05) is 11.6 Å². The molecule has 1 aromatic carbocycles. The molecule has 108 valence electrons. The Morgan fingerprint density at radius 3 is 2.65 bits per heavy atom. The van der Waals surface area contributed by atoms with Crippen LogP contribution in [0.5, 0.6) is 0 Å². The largest absolute Gasteiger partial charge is 0.462 e. The third-order valence-electron chi connectivity index (χ3n) is 2.70. The van der Waals surface area contributed by atoms with Gasteiger partial charge in [0.1, 0.15) is 11.4 Å². The van der Waals surface area contributed by atoms with Gasteiger partial charge in [0.05, 0.1) is 22.7 Å². The van der Waals surface area contributed by atoms with Gasteiger partial charge in [0.2, 0.25) is 0 Å². The average molecular weight is 307 g/mol.